The zero-order valence-electron chi connectivity index (χ0n) is 4.60. The van der Waals surface area contributed by atoms with E-state index >= 15 is 0 Å². The van der Waals surface area contributed by atoms with Crippen LogP contribution in [0.5, 0.6) is 0 Å². The van der Waals surface area contributed by atoms with Crippen LogP contribution in [0, 0.1) is 0 Å². The van der Waals surface area contributed by atoms with E-state index in [1.807, 2.05) is 0 Å². The fourth-order valence-corrected chi connectivity index (χ4v) is 0.234. The average molecular weight is 132 g/mol. The summed E-state index contributed by atoms with van der Waals surface area (Å²) in [5, 5.41) is 32.4. The summed E-state index contributed by atoms with van der Waals surface area (Å²) in [4.78, 5) is 0. The van der Waals surface area contributed by atoms with Gasteiger partial charge in [0.15, 0.2) is 0 Å². The fourth-order valence-electron chi connectivity index (χ4n) is 0.234. The van der Waals surface area contributed by atoms with Gasteiger partial charge < -0.3 is 20.4 Å². The van der Waals surface area contributed by atoms with Gasteiger partial charge in [0.1, 0.15) is 0 Å². The molecule has 0 atom stereocenters. The summed E-state index contributed by atoms with van der Waals surface area (Å²) in [7, 11) is 0. The van der Waals surface area contributed by atoms with Gasteiger partial charge >= 0.3 is 0 Å². The Bertz CT molecular complexity index is 119. The molecule has 0 saturated carbocycles. The highest BCUT2D eigenvalue weighted by Gasteiger charge is 2.10. The van der Waals surface area contributed by atoms with Gasteiger partial charge in [-0.2, -0.15) is 0 Å². The fraction of sp³-hybridized carbons (Fsp3) is 0.200. The van der Waals surface area contributed by atoms with Crippen molar-refractivity contribution in [2.24, 2.45) is 0 Å². The van der Waals surface area contributed by atoms with Crippen LogP contribution in [0.3, 0.4) is 0 Å². The lowest BCUT2D eigenvalue weighted by Gasteiger charge is -2.05. The van der Waals surface area contributed by atoms with E-state index in [-0.39, 0.29) is 0 Å². The zero-order valence-corrected chi connectivity index (χ0v) is 4.60. The Balaban J connectivity index is 3.71. The summed E-state index contributed by atoms with van der Waals surface area (Å²) in [5.41, 5.74) is 0. The lowest BCUT2D eigenvalue weighted by atomic mass is 10.4. The molecule has 4 nitrogen and oxygen atoms in total. The molecule has 0 aliphatic carbocycles. The monoisotopic (exact) mass is 132 g/mol. The van der Waals surface area contributed by atoms with Gasteiger partial charge in [-0.05, 0) is 6.08 Å². The standard InChI is InChI=1S/C5H8O4/c6-4-2-1-3-5(7,8)9/h1-4,6-9H. The first-order chi connectivity index (χ1) is 4.06. The molecule has 0 aromatic heterocycles. The first-order valence-electron chi connectivity index (χ1n) is 2.22. The third kappa shape index (κ3) is 7.16. The van der Waals surface area contributed by atoms with Crippen LogP contribution in [0.25, 0.3) is 0 Å². The van der Waals surface area contributed by atoms with Crippen LogP contribution in [0.15, 0.2) is 24.5 Å². The molecule has 0 aliphatic rings. The maximum atomic E-state index is 8.15. The summed E-state index contributed by atoms with van der Waals surface area (Å²) < 4.78 is 0. The van der Waals surface area contributed by atoms with E-state index in [9.17, 15) is 0 Å². The summed E-state index contributed by atoms with van der Waals surface area (Å²) in [5.74, 6) is -2.79. The van der Waals surface area contributed by atoms with Gasteiger partial charge in [-0.1, -0.05) is 6.08 Å². The predicted octanol–water partition coefficient (Wildman–Crippen LogP) is -0.755. The van der Waals surface area contributed by atoms with Crippen LogP contribution < -0.4 is 0 Å². The predicted molar refractivity (Wildman–Crippen MR) is 30.3 cm³/mol. The Kier molecular flexibility index (Phi) is 2.94. The first kappa shape index (κ1) is 8.16. The molecule has 0 bridgehead atoms. The number of hydrogen-bond acceptors (Lipinski definition) is 4. The normalized spacial score (nSPS) is 13.7. The second-order valence-electron chi connectivity index (χ2n) is 1.39. The SMILES string of the molecule is OC=CC=CC(O)(O)O. The van der Waals surface area contributed by atoms with Gasteiger partial charge in [-0.15, -0.1) is 0 Å². The molecule has 0 radical (unpaired) electrons. The lowest BCUT2D eigenvalue weighted by molar-refractivity contribution is -0.273. The molecule has 0 rings (SSSR count). The van der Waals surface area contributed by atoms with E-state index in [1.165, 1.54) is 0 Å². The minimum absolute atomic E-state index is 0.694. The molecule has 9 heavy (non-hydrogen) atoms. The zero-order chi connectivity index (χ0) is 7.33. The quantitative estimate of drug-likeness (QED) is 0.226. The molecule has 0 fully saturated rings. The molecule has 0 amide bonds. The number of aliphatic hydroxyl groups excluding tert-OH is 1. The molecular formula is C5H8O4. The number of aliphatic hydroxyl groups is 4. The first-order valence-corrected chi connectivity index (χ1v) is 2.22. The van der Waals surface area contributed by atoms with Gasteiger partial charge in [-0.3, -0.25) is 0 Å². The van der Waals surface area contributed by atoms with Crippen LogP contribution in [0.1, 0.15) is 0 Å². The second kappa shape index (κ2) is 3.24. The summed E-state index contributed by atoms with van der Waals surface area (Å²) in [6, 6.07) is 0. The van der Waals surface area contributed by atoms with E-state index in [2.05, 4.69) is 0 Å². The Morgan fingerprint density at radius 2 is 1.56 bits per heavy atom. The topological polar surface area (TPSA) is 80.9 Å². The van der Waals surface area contributed by atoms with E-state index < -0.39 is 5.97 Å². The Hall–Kier alpha value is -0.840. The van der Waals surface area contributed by atoms with Crippen molar-refractivity contribution in [3.05, 3.63) is 24.5 Å². The van der Waals surface area contributed by atoms with Gasteiger partial charge in [-0.25, -0.2) is 0 Å². The summed E-state index contributed by atoms with van der Waals surface area (Å²) in [6.45, 7) is 0. The van der Waals surface area contributed by atoms with Crippen molar-refractivity contribution in [2.75, 3.05) is 0 Å². The molecule has 0 aromatic carbocycles. The van der Waals surface area contributed by atoms with Crippen molar-refractivity contribution < 1.29 is 20.4 Å². The highest BCUT2D eigenvalue weighted by molar-refractivity contribution is 5.01. The minimum atomic E-state index is -2.79. The third-order valence-corrected chi connectivity index (χ3v) is 0.517. The van der Waals surface area contributed by atoms with Crippen molar-refractivity contribution in [2.45, 2.75) is 5.97 Å². The van der Waals surface area contributed by atoms with E-state index in [1.54, 1.807) is 0 Å². The van der Waals surface area contributed by atoms with Gasteiger partial charge in [0.05, 0.1) is 6.26 Å². The van der Waals surface area contributed by atoms with Crippen molar-refractivity contribution in [3.8, 4) is 0 Å². The van der Waals surface area contributed by atoms with E-state index in [0.29, 0.717) is 12.3 Å². The van der Waals surface area contributed by atoms with Gasteiger partial charge in [0.25, 0.3) is 5.97 Å². The second-order valence-corrected chi connectivity index (χ2v) is 1.39. The Morgan fingerprint density at radius 1 is 1.00 bits per heavy atom. The van der Waals surface area contributed by atoms with E-state index in [4.69, 9.17) is 20.4 Å². The van der Waals surface area contributed by atoms with Crippen LogP contribution in [0.4, 0.5) is 0 Å². The van der Waals surface area contributed by atoms with Crippen molar-refractivity contribution in [3.63, 3.8) is 0 Å². The van der Waals surface area contributed by atoms with Crippen molar-refractivity contribution >= 4 is 0 Å². The maximum Gasteiger partial charge on any atom is 0.297 e. The van der Waals surface area contributed by atoms with E-state index in [0.717, 1.165) is 12.2 Å². The van der Waals surface area contributed by atoms with Gasteiger partial charge in [0, 0.05) is 6.08 Å². The largest absolute Gasteiger partial charge is 0.516 e. The minimum Gasteiger partial charge on any atom is -0.516 e. The molecule has 0 aromatic rings. The number of hydrogen-bond donors (Lipinski definition) is 4. The molecule has 0 spiro atoms. The average Bonchev–Trinajstić information content (AvgIpc) is 1.63. The van der Waals surface area contributed by atoms with Crippen LogP contribution >= 0.6 is 0 Å². The molecule has 0 unspecified atom stereocenters. The lowest BCUT2D eigenvalue weighted by Crippen LogP contribution is -2.22. The Morgan fingerprint density at radius 3 is 1.89 bits per heavy atom. The molecule has 52 valence electrons. The molecule has 4 N–H and O–H groups in total. The number of rotatable bonds is 2. The highest BCUT2D eigenvalue weighted by Crippen LogP contribution is 1.93. The van der Waals surface area contributed by atoms with Crippen LogP contribution in [-0.2, 0) is 0 Å². The molecule has 4 heteroatoms. The molecular weight excluding hydrogens is 124 g/mol. The summed E-state index contributed by atoms with van der Waals surface area (Å²) >= 11 is 0. The maximum absolute atomic E-state index is 8.15. The molecule has 0 aliphatic heterocycles. The van der Waals surface area contributed by atoms with Gasteiger partial charge in [0.2, 0.25) is 0 Å². The van der Waals surface area contributed by atoms with Crippen molar-refractivity contribution in [1.82, 2.24) is 0 Å². The van der Waals surface area contributed by atoms with Crippen molar-refractivity contribution in [1.29, 1.82) is 0 Å². The summed E-state index contributed by atoms with van der Waals surface area (Å²) in [6.07, 6.45) is 3.60. The highest BCUT2D eigenvalue weighted by atomic mass is 16.7. The molecule has 0 heterocycles. The molecule has 0 saturated heterocycles. The third-order valence-electron chi connectivity index (χ3n) is 0.517. The van der Waals surface area contributed by atoms with Crippen LogP contribution in [0.2, 0.25) is 0 Å². The smallest absolute Gasteiger partial charge is 0.297 e. The number of allylic oxidation sites excluding steroid dienone is 2. The van der Waals surface area contributed by atoms with Crippen LogP contribution in [-0.4, -0.2) is 26.4 Å². The Labute approximate surface area is 52.0 Å².